The van der Waals surface area contributed by atoms with E-state index in [1.807, 2.05) is 36.4 Å². The zero-order valence-corrected chi connectivity index (χ0v) is 14.4. The minimum absolute atomic E-state index is 0.211. The van der Waals surface area contributed by atoms with Gasteiger partial charge in [-0.25, -0.2) is 14.8 Å². The van der Waals surface area contributed by atoms with Crippen molar-refractivity contribution in [3.8, 4) is 11.6 Å². The molecule has 6 nitrogen and oxygen atoms in total. The molecule has 128 valence electrons. The number of amides is 1. The third-order valence-corrected chi connectivity index (χ3v) is 5.04. The number of para-hydroxylation sites is 1. The van der Waals surface area contributed by atoms with Gasteiger partial charge in [0.05, 0.1) is 18.3 Å². The minimum Gasteiger partial charge on any atom is -0.461 e. The largest absolute Gasteiger partial charge is 0.461 e. The molecule has 1 aromatic carbocycles. The van der Waals surface area contributed by atoms with Crippen molar-refractivity contribution >= 4 is 28.8 Å². The Bertz CT molecular complexity index is 882. The van der Waals surface area contributed by atoms with Crippen LogP contribution in [0.1, 0.15) is 6.42 Å². The molecule has 0 spiro atoms. The van der Waals surface area contributed by atoms with Crippen LogP contribution < -0.4 is 0 Å². The number of carbonyl (C=O) groups excluding carboxylic acids is 1. The highest BCUT2D eigenvalue weighted by Crippen LogP contribution is 2.29. The SMILES string of the molecule is O=C1OCCN1CCCSc1nc(-c2ccco2)nc2ccccc12. The van der Waals surface area contributed by atoms with E-state index in [0.717, 1.165) is 28.1 Å². The summed E-state index contributed by atoms with van der Waals surface area (Å²) in [5.74, 6) is 2.12. The molecule has 1 aliphatic heterocycles. The fourth-order valence-corrected chi connectivity index (χ4v) is 3.67. The van der Waals surface area contributed by atoms with Crippen LogP contribution in [0, 0.1) is 0 Å². The lowest BCUT2D eigenvalue weighted by molar-refractivity contribution is 0.158. The molecule has 3 aromatic rings. The van der Waals surface area contributed by atoms with Crippen molar-refractivity contribution in [2.24, 2.45) is 0 Å². The number of hydrogen-bond acceptors (Lipinski definition) is 6. The second-order valence-electron chi connectivity index (χ2n) is 5.65. The van der Waals surface area contributed by atoms with E-state index in [1.54, 1.807) is 22.9 Å². The number of benzene rings is 1. The second kappa shape index (κ2) is 7.14. The Morgan fingerprint density at radius 2 is 2.08 bits per heavy atom. The fourth-order valence-electron chi connectivity index (χ4n) is 2.73. The van der Waals surface area contributed by atoms with Crippen molar-refractivity contribution in [2.45, 2.75) is 11.4 Å². The van der Waals surface area contributed by atoms with E-state index in [4.69, 9.17) is 9.15 Å². The van der Waals surface area contributed by atoms with Gasteiger partial charge in [-0.3, -0.25) is 0 Å². The Morgan fingerprint density at radius 1 is 1.16 bits per heavy atom. The molecule has 0 aliphatic carbocycles. The van der Waals surface area contributed by atoms with Crippen LogP contribution in [0.5, 0.6) is 0 Å². The van der Waals surface area contributed by atoms with Gasteiger partial charge < -0.3 is 14.1 Å². The van der Waals surface area contributed by atoms with Crippen LogP contribution in [-0.2, 0) is 4.74 Å². The highest BCUT2D eigenvalue weighted by Gasteiger charge is 2.21. The van der Waals surface area contributed by atoms with Crippen molar-refractivity contribution < 1.29 is 13.9 Å². The van der Waals surface area contributed by atoms with Gasteiger partial charge >= 0.3 is 6.09 Å². The summed E-state index contributed by atoms with van der Waals surface area (Å²) in [4.78, 5) is 22.5. The maximum Gasteiger partial charge on any atom is 0.409 e. The average Bonchev–Trinajstić information content (AvgIpc) is 3.30. The molecule has 0 N–H and O–H groups in total. The maximum absolute atomic E-state index is 11.5. The Kier molecular flexibility index (Phi) is 4.56. The number of ether oxygens (including phenoxy) is 1. The molecule has 0 radical (unpaired) electrons. The lowest BCUT2D eigenvalue weighted by Gasteiger charge is -2.12. The number of thioether (sulfide) groups is 1. The second-order valence-corrected chi connectivity index (χ2v) is 6.73. The molecule has 2 aromatic heterocycles. The third kappa shape index (κ3) is 3.46. The van der Waals surface area contributed by atoms with E-state index < -0.39 is 0 Å². The first-order chi connectivity index (χ1) is 12.3. The first kappa shape index (κ1) is 16.0. The summed E-state index contributed by atoms with van der Waals surface area (Å²) in [5.41, 5.74) is 0.898. The molecule has 1 amide bonds. The van der Waals surface area contributed by atoms with E-state index >= 15 is 0 Å². The van der Waals surface area contributed by atoms with Gasteiger partial charge in [0.15, 0.2) is 11.6 Å². The number of nitrogens with zero attached hydrogens (tertiary/aromatic N) is 3. The molecule has 3 heterocycles. The third-order valence-electron chi connectivity index (χ3n) is 3.97. The van der Waals surface area contributed by atoms with Gasteiger partial charge in [0, 0.05) is 17.7 Å². The van der Waals surface area contributed by atoms with Crippen LogP contribution in [0.2, 0.25) is 0 Å². The molecule has 1 fully saturated rings. The number of hydrogen-bond donors (Lipinski definition) is 0. The highest BCUT2D eigenvalue weighted by atomic mass is 32.2. The summed E-state index contributed by atoms with van der Waals surface area (Å²) in [6.45, 7) is 1.89. The topological polar surface area (TPSA) is 68.5 Å². The lowest BCUT2D eigenvalue weighted by Crippen LogP contribution is -2.25. The number of carbonyl (C=O) groups is 1. The number of furan rings is 1. The Hall–Kier alpha value is -2.54. The predicted octanol–water partition coefficient (Wildman–Crippen LogP) is 3.82. The summed E-state index contributed by atoms with van der Waals surface area (Å²) in [7, 11) is 0. The summed E-state index contributed by atoms with van der Waals surface area (Å²) in [6, 6.07) is 11.7. The number of cyclic esters (lactones) is 1. The first-order valence-electron chi connectivity index (χ1n) is 8.16. The van der Waals surface area contributed by atoms with Gasteiger partial charge in [-0.05, 0) is 24.6 Å². The maximum atomic E-state index is 11.5. The summed E-state index contributed by atoms with van der Waals surface area (Å²) in [6.07, 6.45) is 2.29. The standard InChI is InChI=1S/C18H17N3O3S/c22-18-21(9-11-24-18)8-4-12-25-17-13-5-1-2-6-14(13)19-16(20-17)15-7-3-10-23-15/h1-3,5-7,10H,4,8-9,11-12H2. The zero-order chi connectivity index (χ0) is 17.1. The molecule has 1 saturated heterocycles. The van der Waals surface area contributed by atoms with Crippen molar-refractivity contribution in [1.82, 2.24) is 14.9 Å². The predicted molar refractivity (Wildman–Crippen MR) is 95.5 cm³/mol. The molecule has 0 saturated carbocycles. The zero-order valence-electron chi connectivity index (χ0n) is 13.6. The van der Waals surface area contributed by atoms with E-state index in [1.165, 1.54) is 0 Å². The molecule has 1 aliphatic rings. The van der Waals surface area contributed by atoms with Crippen molar-refractivity contribution in [2.75, 3.05) is 25.4 Å². The first-order valence-corrected chi connectivity index (χ1v) is 9.15. The number of aromatic nitrogens is 2. The molecule has 4 rings (SSSR count). The summed E-state index contributed by atoms with van der Waals surface area (Å²) >= 11 is 1.67. The van der Waals surface area contributed by atoms with Crippen LogP contribution in [0.25, 0.3) is 22.5 Å². The van der Waals surface area contributed by atoms with Gasteiger partial charge in [-0.2, -0.15) is 0 Å². The molecular formula is C18H17N3O3S. The molecule has 0 bridgehead atoms. The van der Waals surface area contributed by atoms with Crippen LogP contribution >= 0.6 is 11.8 Å². The summed E-state index contributed by atoms with van der Waals surface area (Å²) in [5, 5.41) is 1.96. The Balaban J connectivity index is 1.50. The van der Waals surface area contributed by atoms with Crippen molar-refractivity contribution in [3.05, 3.63) is 42.7 Å². The molecule has 0 atom stereocenters. The normalized spacial score (nSPS) is 14.2. The van der Waals surface area contributed by atoms with Gasteiger partial charge in [0.25, 0.3) is 0 Å². The van der Waals surface area contributed by atoms with E-state index in [0.29, 0.717) is 31.3 Å². The van der Waals surface area contributed by atoms with Crippen LogP contribution in [0.4, 0.5) is 4.79 Å². The van der Waals surface area contributed by atoms with Gasteiger partial charge in [0.1, 0.15) is 11.6 Å². The van der Waals surface area contributed by atoms with E-state index in [2.05, 4.69) is 9.97 Å². The number of fused-ring (bicyclic) bond motifs is 1. The monoisotopic (exact) mass is 355 g/mol. The van der Waals surface area contributed by atoms with E-state index in [9.17, 15) is 4.79 Å². The van der Waals surface area contributed by atoms with Crippen LogP contribution in [0.15, 0.2) is 52.1 Å². The molecular weight excluding hydrogens is 338 g/mol. The van der Waals surface area contributed by atoms with Crippen molar-refractivity contribution in [1.29, 1.82) is 0 Å². The van der Waals surface area contributed by atoms with E-state index in [-0.39, 0.29) is 6.09 Å². The quantitative estimate of drug-likeness (QED) is 0.380. The van der Waals surface area contributed by atoms with Crippen LogP contribution in [-0.4, -0.2) is 46.4 Å². The fraction of sp³-hybridized carbons (Fsp3) is 0.278. The molecule has 7 heteroatoms. The van der Waals surface area contributed by atoms with Crippen LogP contribution in [0.3, 0.4) is 0 Å². The van der Waals surface area contributed by atoms with Gasteiger partial charge in [-0.15, -0.1) is 11.8 Å². The number of rotatable bonds is 6. The Labute approximate surface area is 149 Å². The highest BCUT2D eigenvalue weighted by molar-refractivity contribution is 7.99. The average molecular weight is 355 g/mol. The van der Waals surface area contributed by atoms with Gasteiger partial charge in [-0.1, -0.05) is 18.2 Å². The molecule has 25 heavy (non-hydrogen) atoms. The minimum atomic E-state index is -0.211. The summed E-state index contributed by atoms with van der Waals surface area (Å²) < 4.78 is 10.4. The smallest absolute Gasteiger partial charge is 0.409 e. The Morgan fingerprint density at radius 3 is 2.88 bits per heavy atom. The van der Waals surface area contributed by atoms with Crippen molar-refractivity contribution in [3.63, 3.8) is 0 Å². The molecule has 0 unspecified atom stereocenters. The lowest BCUT2D eigenvalue weighted by atomic mass is 10.2. The van der Waals surface area contributed by atoms with Gasteiger partial charge in [0.2, 0.25) is 0 Å².